The molecule has 0 radical (unpaired) electrons. The molecular formula is C21H40O2. The quantitative estimate of drug-likeness (QED) is 0.164. The normalized spacial score (nSPS) is 17.2. The van der Waals surface area contributed by atoms with E-state index in [2.05, 4.69) is 19.1 Å². The van der Waals surface area contributed by atoms with Gasteiger partial charge in [0.2, 0.25) is 0 Å². The molecule has 0 N–H and O–H groups in total. The molecular weight excluding hydrogens is 284 g/mol. The molecule has 1 unspecified atom stereocenters. The largest absolute Gasteiger partial charge is 0.379 e. The van der Waals surface area contributed by atoms with Gasteiger partial charge in [-0.25, -0.2) is 0 Å². The Bertz CT molecular complexity index is 259. The van der Waals surface area contributed by atoms with Gasteiger partial charge in [0, 0.05) is 6.61 Å². The Morgan fingerprint density at radius 2 is 1.30 bits per heavy atom. The van der Waals surface area contributed by atoms with Crippen LogP contribution in [0.5, 0.6) is 0 Å². The van der Waals surface area contributed by atoms with Gasteiger partial charge in [-0.2, -0.15) is 0 Å². The van der Waals surface area contributed by atoms with Crippen LogP contribution in [0.2, 0.25) is 0 Å². The molecule has 1 aliphatic rings. The molecule has 23 heavy (non-hydrogen) atoms. The maximum Gasteiger partial charge on any atom is 0.104 e. The third-order valence-corrected chi connectivity index (χ3v) is 4.51. The number of epoxide rings is 1. The van der Waals surface area contributed by atoms with Crippen LogP contribution in [0.1, 0.15) is 96.8 Å². The first kappa shape index (κ1) is 20.7. The molecule has 0 bridgehead atoms. The van der Waals surface area contributed by atoms with E-state index in [0.29, 0.717) is 6.10 Å². The van der Waals surface area contributed by atoms with Crippen LogP contribution in [-0.4, -0.2) is 25.9 Å². The van der Waals surface area contributed by atoms with Crippen LogP contribution < -0.4 is 0 Å². The lowest BCUT2D eigenvalue weighted by molar-refractivity contribution is 0.113. The van der Waals surface area contributed by atoms with Gasteiger partial charge in [0.15, 0.2) is 0 Å². The van der Waals surface area contributed by atoms with Crippen molar-refractivity contribution in [3.05, 3.63) is 12.2 Å². The fourth-order valence-electron chi connectivity index (χ4n) is 2.83. The van der Waals surface area contributed by atoms with E-state index < -0.39 is 0 Å². The molecule has 0 aromatic heterocycles. The number of allylic oxidation sites excluding steroid dienone is 2. The molecule has 1 rings (SSSR count). The first-order chi connectivity index (χ1) is 11.4. The number of hydrogen-bond donors (Lipinski definition) is 0. The number of hydrogen-bond acceptors (Lipinski definition) is 2. The molecule has 1 heterocycles. The summed E-state index contributed by atoms with van der Waals surface area (Å²) in [6.45, 7) is 4.92. The fourth-order valence-corrected chi connectivity index (χ4v) is 2.83. The summed E-state index contributed by atoms with van der Waals surface area (Å²) in [6.07, 6.45) is 24.3. The lowest BCUT2D eigenvalue weighted by Gasteiger charge is -2.02. The van der Waals surface area contributed by atoms with Crippen molar-refractivity contribution < 1.29 is 9.47 Å². The van der Waals surface area contributed by atoms with Crippen LogP contribution in [0.4, 0.5) is 0 Å². The number of ether oxygens (including phenoxy) is 2. The van der Waals surface area contributed by atoms with Gasteiger partial charge in [0.25, 0.3) is 0 Å². The van der Waals surface area contributed by atoms with E-state index in [4.69, 9.17) is 9.47 Å². The second-order valence-corrected chi connectivity index (χ2v) is 6.97. The smallest absolute Gasteiger partial charge is 0.104 e. The maximum atomic E-state index is 5.54. The van der Waals surface area contributed by atoms with Crippen LogP contribution >= 0.6 is 0 Å². The van der Waals surface area contributed by atoms with Gasteiger partial charge < -0.3 is 9.47 Å². The SMILES string of the molecule is CCCCCCCC/C=C\CCCCCCCCOCC1CO1. The van der Waals surface area contributed by atoms with Gasteiger partial charge in [-0.15, -0.1) is 0 Å². The minimum absolute atomic E-state index is 0.420. The Labute approximate surface area is 145 Å². The predicted molar refractivity (Wildman–Crippen MR) is 100 cm³/mol. The van der Waals surface area contributed by atoms with Crippen molar-refractivity contribution in [2.45, 2.75) is 103 Å². The standard InChI is InChI=1S/C21H40O2/c1-2-3-4-5-6-7-8-9-10-11-12-13-14-15-16-17-18-22-19-21-20-23-21/h9-10,21H,2-8,11-20H2,1H3/b10-9-. The van der Waals surface area contributed by atoms with Crippen LogP contribution in [0.25, 0.3) is 0 Å². The molecule has 0 aromatic carbocycles. The Morgan fingerprint density at radius 1 is 0.783 bits per heavy atom. The van der Waals surface area contributed by atoms with Crippen molar-refractivity contribution in [2.75, 3.05) is 19.8 Å². The van der Waals surface area contributed by atoms with Crippen molar-refractivity contribution in [3.63, 3.8) is 0 Å². The zero-order valence-corrected chi connectivity index (χ0v) is 15.6. The minimum atomic E-state index is 0.420. The zero-order chi connectivity index (χ0) is 16.4. The molecule has 0 amide bonds. The zero-order valence-electron chi connectivity index (χ0n) is 15.6. The van der Waals surface area contributed by atoms with Gasteiger partial charge in [0.05, 0.1) is 13.2 Å². The number of unbranched alkanes of at least 4 members (excludes halogenated alkanes) is 12. The van der Waals surface area contributed by atoms with Crippen LogP contribution in [0, 0.1) is 0 Å². The molecule has 1 saturated heterocycles. The lowest BCUT2D eigenvalue weighted by atomic mass is 10.1. The third-order valence-electron chi connectivity index (χ3n) is 4.51. The summed E-state index contributed by atoms with van der Waals surface area (Å²) in [5, 5.41) is 0. The Balaban J connectivity index is 1.65. The maximum absolute atomic E-state index is 5.54. The van der Waals surface area contributed by atoms with Crippen molar-refractivity contribution in [2.24, 2.45) is 0 Å². The molecule has 1 fully saturated rings. The van der Waals surface area contributed by atoms with E-state index >= 15 is 0 Å². The highest BCUT2D eigenvalue weighted by Gasteiger charge is 2.21. The summed E-state index contributed by atoms with van der Waals surface area (Å²) in [7, 11) is 0. The predicted octanol–water partition coefficient (Wildman–Crippen LogP) is 6.44. The Hall–Kier alpha value is -0.340. The van der Waals surface area contributed by atoms with Crippen molar-refractivity contribution in [1.82, 2.24) is 0 Å². The van der Waals surface area contributed by atoms with E-state index in [1.54, 1.807) is 0 Å². The molecule has 1 aliphatic heterocycles. The van der Waals surface area contributed by atoms with Gasteiger partial charge in [0.1, 0.15) is 6.10 Å². The molecule has 136 valence electrons. The Morgan fingerprint density at radius 3 is 1.87 bits per heavy atom. The van der Waals surface area contributed by atoms with Crippen molar-refractivity contribution >= 4 is 0 Å². The summed E-state index contributed by atoms with van der Waals surface area (Å²) in [6, 6.07) is 0. The summed E-state index contributed by atoms with van der Waals surface area (Å²) in [5.41, 5.74) is 0. The lowest BCUT2D eigenvalue weighted by Crippen LogP contribution is -2.02. The van der Waals surface area contributed by atoms with E-state index in [1.165, 1.54) is 89.9 Å². The molecule has 0 saturated carbocycles. The minimum Gasteiger partial charge on any atom is -0.379 e. The highest BCUT2D eigenvalue weighted by atomic mass is 16.6. The molecule has 1 atom stereocenters. The molecule has 0 spiro atoms. The van der Waals surface area contributed by atoms with Gasteiger partial charge >= 0.3 is 0 Å². The second-order valence-electron chi connectivity index (χ2n) is 6.97. The van der Waals surface area contributed by atoms with Crippen LogP contribution in [0.3, 0.4) is 0 Å². The van der Waals surface area contributed by atoms with Crippen molar-refractivity contribution in [1.29, 1.82) is 0 Å². The monoisotopic (exact) mass is 324 g/mol. The van der Waals surface area contributed by atoms with E-state index in [0.717, 1.165) is 19.8 Å². The molecule has 2 nitrogen and oxygen atoms in total. The summed E-state index contributed by atoms with van der Waals surface area (Å²) in [4.78, 5) is 0. The first-order valence-electron chi connectivity index (χ1n) is 10.3. The van der Waals surface area contributed by atoms with Crippen LogP contribution in [0.15, 0.2) is 12.2 Å². The molecule has 2 heteroatoms. The fraction of sp³-hybridized carbons (Fsp3) is 0.905. The average molecular weight is 325 g/mol. The van der Waals surface area contributed by atoms with E-state index in [1.807, 2.05) is 0 Å². The topological polar surface area (TPSA) is 21.8 Å². The van der Waals surface area contributed by atoms with E-state index in [-0.39, 0.29) is 0 Å². The summed E-state index contributed by atoms with van der Waals surface area (Å²) in [5.74, 6) is 0. The second kappa shape index (κ2) is 16.5. The molecule has 0 aromatic rings. The average Bonchev–Trinajstić information content (AvgIpc) is 3.38. The molecule has 0 aliphatic carbocycles. The summed E-state index contributed by atoms with van der Waals surface area (Å²) >= 11 is 0. The van der Waals surface area contributed by atoms with E-state index in [9.17, 15) is 0 Å². The first-order valence-corrected chi connectivity index (χ1v) is 10.3. The van der Waals surface area contributed by atoms with Crippen molar-refractivity contribution in [3.8, 4) is 0 Å². The van der Waals surface area contributed by atoms with Gasteiger partial charge in [-0.3, -0.25) is 0 Å². The van der Waals surface area contributed by atoms with Crippen LogP contribution in [-0.2, 0) is 9.47 Å². The number of rotatable bonds is 18. The van der Waals surface area contributed by atoms with Gasteiger partial charge in [-0.05, 0) is 32.1 Å². The Kier molecular flexibility index (Phi) is 14.9. The highest BCUT2D eigenvalue weighted by molar-refractivity contribution is 4.81. The highest BCUT2D eigenvalue weighted by Crippen LogP contribution is 2.11. The summed E-state index contributed by atoms with van der Waals surface area (Å²) < 4.78 is 10.7. The third kappa shape index (κ3) is 16.3. The van der Waals surface area contributed by atoms with Gasteiger partial charge in [-0.1, -0.05) is 76.9 Å².